The van der Waals surface area contributed by atoms with Gasteiger partial charge in [-0.3, -0.25) is 0 Å². The molecule has 3 heteroatoms. The van der Waals surface area contributed by atoms with E-state index in [1.54, 1.807) is 6.07 Å². The van der Waals surface area contributed by atoms with Gasteiger partial charge in [0.15, 0.2) is 0 Å². The number of halogens is 2. The first-order chi connectivity index (χ1) is 10.1. The Kier molecular flexibility index (Phi) is 4.16. The topological polar surface area (TPSA) is 26.0 Å². The Bertz CT molecular complexity index is 783. The molecule has 0 heterocycles. The van der Waals surface area contributed by atoms with E-state index in [1.807, 2.05) is 24.3 Å². The van der Waals surface area contributed by atoms with Crippen molar-refractivity contribution in [2.45, 2.75) is 12.5 Å². The summed E-state index contributed by atoms with van der Waals surface area (Å²) in [5, 5.41) is 3.80. The second-order valence-electron chi connectivity index (χ2n) is 5.15. The van der Waals surface area contributed by atoms with Gasteiger partial charge in [-0.25, -0.2) is 0 Å². The van der Waals surface area contributed by atoms with Gasteiger partial charge in [-0.2, -0.15) is 0 Å². The lowest BCUT2D eigenvalue weighted by Gasteiger charge is -2.14. The molecular weight excluding hydrogens is 301 g/mol. The van der Waals surface area contributed by atoms with Crippen molar-refractivity contribution < 1.29 is 0 Å². The van der Waals surface area contributed by atoms with Gasteiger partial charge in [-0.1, -0.05) is 59.6 Å². The van der Waals surface area contributed by atoms with Crippen molar-refractivity contribution in [1.29, 1.82) is 0 Å². The highest BCUT2D eigenvalue weighted by Crippen LogP contribution is 2.26. The summed E-state index contributed by atoms with van der Waals surface area (Å²) in [6.45, 7) is 0. The standard InChI is InChI=1S/C18H15Cl2N/c19-16-7-8-17(20)15(10-16)11-18(21)14-6-5-12-3-1-2-4-13(12)9-14/h1-10,18H,11,21H2. The largest absolute Gasteiger partial charge is 0.324 e. The van der Waals surface area contributed by atoms with Crippen LogP contribution in [0.15, 0.2) is 60.7 Å². The summed E-state index contributed by atoms with van der Waals surface area (Å²) >= 11 is 12.2. The predicted octanol–water partition coefficient (Wildman–Crippen LogP) is 5.39. The van der Waals surface area contributed by atoms with Gasteiger partial charge >= 0.3 is 0 Å². The Balaban J connectivity index is 1.89. The van der Waals surface area contributed by atoms with Crippen LogP contribution >= 0.6 is 23.2 Å². The Labute approximate surface area is 134 Å². The van der Waals surface area contributed by atoms with Crippen LogP contribution in [0.1, 0.15) is 17.2 Å². The van der Waals surface area contributed by atoms with Gasteiger partial charge in [0.25, 0.3) is 0 Å². The molecule has 0 bridgehead atoms. The van der Waals surface area contributed by atoms with Crippen LogP contribution in [0.5, 0.6) is 0 Å². The molecule has 0 saturated heterocycles. The third-order valence-corrected chi connectivity index (χ3v) is 4.25. The molecule has 0 amide bonds. The van der Waals surface area contributed by atoms with E-state index in [0.717, 1.165) is 11.1 Å². The fraction of sp³-hybridized carbons (Fsp3) is 0.111. The van der Waals surface area contributed by atoms with Crippen LogP contribution in [0.2, 0.25) is 10.0 Å². The molecule has 0 aromatic heterocycles. The molecule has 3 aromatic rings. The summed E-state index contributed by atoms with van der Waals surface area (Å²) in [5.41, 5.74) is 8.41. The molecule has 0 aliphatic rings. The first kappa shape index (κ1) is 14.4. The lowest BCUT2D eigenvalue weighted by Crippen LogP contribution is -2.13. The van der Waals surface area contributed by atoms with Crippen molar-refractivity contribution in [2.75, 3.05) is 0 Å². The van der Waals surface area contributed by atoms with Crippen molar-refractivity contribution in [3.05, 3.63) is 81.8 Å². The monoisotopic (exact) mass is 315 g/mol. The van der Waals surface area contributed by atoms with Crippen molar-refractivity contribution in [1.82, 2.24) is 0 Å². The van der Waals surface area contributed by atoms with Crippen molar-refractivity contribution >= 4 is 34.0 Å². The minimum absolute atomic E-state index is 0.106. The average Bonchev–Trinajstić information content (AvgIpc) is 2.50. The van der Waals surface area contributed by atoms with Gasteiger partial charge in [0.05, 0.1) is 0 Å². The van der Waals surface area contributed by atoms with Gasteiger partial charge in [0.2, 0.25) is 0 Å². The number of rotatable bonds is 3. The van der Waals surface area contributed by atoms with Crippen LogP contribution in [-0.2, 0) is 6.42 Å². The van der Waals surface area contributed by atoms with Crippen LogP contribution < -0.4 is 5.73 Å². The zero-order valence-electron chi connectivity index (χ0n) is 11.4. The maximum atomic E-state index is 6.34. The molecule has 0 radical (unpaired) electrons. The normalized spacial score (nSPS) is 12.5. The minimum atomic E-state index is -0.106. The maximum Gasteiger partial charge on any atom is 0.0439 e. The minimum Gasteiger partial charge on any atom is -0.324 e. The summed E-state index contributed by atoms with van der Waals surface area (Å²) in [6, 6.07) is 19.9. The molecule has 106 valence electrons. The summed E-state index contributed by atoms with van der Waals surface area (Å²) in [7, 11) is 0. The van der Waals surface area contributed by atoms with E-state index in [0.29, 0.717) is 16.5 Å². The number of hydrogen-bond donors (Lipinski definition) is 1. The van der Waals surface area contributed by atoms with E-state index >= 15 is 0 Å². The van der Waals surface area contributed by atoms with Crippen molar-refractivity contribution in [3.63, 3.8) is 0 Å². The molecule has 1 unspecified atom stereocenters. The Morgan fingerprint density at radius 1 is 0.857 bits per heavy atom. The lowest BCUT2D eigenvalue weighted by atomic mass is 9.97. The summed E-state index contributed by atoms with van der Waals surface area (Å²) in [5.74, 6) is 0. The van der Waals surface area contributed by atoms with Gasteiger partial charge in [0.1, 0.15) is 0 Å². The molecule has 21 heavy (non-hydrogen) atoms. The third-order valence-electron chi connectivity index (χ3n) is 3.65. The molecule has 1 atom stereocenters. The number of benzene rings is 3. The van der Waals surface area contributed by atoms with Gasteiger partial charge in [-0.05, 0) is 52.6 Å². The first-order valence-electron chi connectivity index (χ1n) is 6.82. The third kappa shape index (κ3) is 3.21. The fourth-order valence-electron chi connectivity index (χ4n) is 2.49. The van der Waals surface area contributed by atoms with Gasteiger partial charge < -0.3 is 5.73 Å². The zero-order valence-corrected chi connectivity index (χ0v) is 12.9. The highest BCUT2D eigenvalue weighted by molar-refractivity contribution is 6.33. The van der Waals surface area contributed by atoms with Crippen molar-refractivity contribution in [2.24, 2.45) is 5.73 Å². The van der Waals surface area contributed by atoms with E-state index in [-0.39, 0.29) is 6.04 Å². The second-order valence-corrected chi connectivity index (χ2v) is 6.00. The summed E-state index contributed by atoms with van der Waals surface area (Å²) < 4.78 is 0. The molecule has 0 aliphatic carbocycles. The summed E-state index contributed by atoms with van der Waals surface area (Å²) in [6.07, 6.45) is 0.664. The molecule has 2 N–H and O–H groups in total. The molecule has 3 rings (SSSR count). The second kappa shape index (κ2) is 6.07. The molecule has 1 nitrogen and oxygen atoms in total. The van der Waals surface area contributed by atoms with Crippen molar-refractivity contribution in [3.8, 4) is 0 Å². The lowest BCUT2D eigenvalue weighted by molar-refractivity contribution is 0.723. The SMILES string of the molecule is NC(Cc1cc(Cl)ccc1Cl)c1ccc2ccccc2c1. The Hall–Kier alpha value is -1.54. The van der Waals surface area contributed by atoms with Crippen LogP contribution in [0.4, 0.5) is 0 Å². The molecule has 0 fully saturated rings. The molecular formula is C18H15Cl2N. The van der Waals surface area contributed by atoms with E-state index in [4.69, 9.17) is 28.9 Å². The van der Waals surface area contributed by atoms with Gasteiger partial charge in [-0.15, -0.1) is 0 Å². The molecule has 0 saturated carbocycles. The molecule has 3 aromatic carbocycles. The highest BCUT2D eigenvalue weighted by Gasteiger charge is 2.10. The maximum absolute atomic E-state index is 6.34. The molecule has 0 aliphatic heterocycles. The smallest absolute Gasteiger partial charge is 0.0439 e. The zero-order chi connectivity index (χ0) is 14.8. The van der Waals surface area contributed by atoms with E-state index in [9.17, 15) is 0 Å². The first-order valence-corrected chi connectivity index (χ1v) is 7.57. The fourth-order valence-corrected chi connectivity index (χ4v) is 2.88. The molecule has 0 spiro atoms. The Morgan fingerprint density at radius 3 is 2.43 bits per heavy atom. The van der Waals surface area contributed by atoms with Gasteiger partial charge in [0, 0.05) is 16.1 Å². The van der Waals surface area contributed by atoms with E-state index in [1.165, 1.54) is 10.8 Å². The van der Waals surface area contributed by atoms with Crippen LogP contribution in [-0.4, -0.2) is 0 Å². The van der Waals surface area contributed by atoms with Crippen LogP contribution in [0.3, 0.4) is 0 Å². The number of nitrogens with two attached hydrogens (primary N) is 1. The number of hydrogen-bond acceptors (Lipinski definition) is 1. The average molecular weight is 316 g/mol. The van der Waals surface area contributed by atoms with Crippen LogP contribution in [0.25, 0.3) is 10.8 Å². The van der Waals surface area contributed by atoms with Crippen LogP contribution in [0, 0.1) is 0 Å². The summed E-state index contributed by atoms with van der Waals surface area (Å²) in [4.78, 5) is 0. The van der Waals surface area contributed by atoms with E-state index in [2.05, 4.69) is 30.3 Å². The number of fused-ring (bicyclic) bond motifs is 1. The quantitative estimate of drug-likeness (QED) is 0.689. The highest BCUT2D eigenvalue weighted by atomic mass is 35.5. The van der Waals surface area contributed by atoms with E-state index < -0.39 is 0 Å². The predicted molar refractivity (Wildman–Crippen MR) is 91.0 cm³/mol. The Morgan fingerprint density at radius 2 is 1.62 bits per heavy atom.